The second-order valence-corrected chi connectivity index (χ2v) is 9.80. The Bertz CT molecular complexity index is 1280. The van der Waals surface area contributed by atoms with Gasteiger partial charge in [-0.2, -0.15) is 0 Å². The van der Waals surface area contributed by atoms with Gasteiger partial charge in [0.2, 0.25) is 0 Å². The summed E-state index contributed by atoms with van der Waals surface area (Å²) in [5, 5.41) is 0. The minimum absolute atomic E-state index is 0.109. The zero-order valence-electron chi connectivity index (χ0n) is 20.3. The number of rotatable bonds is 4. The maximum absolute atomic E-state index is 5.48. The second-order valence-electron chi connectivity index (χ2n) is 9.80. The smallest absolute Gasteiger partial charge is 0.112 e. The van der Waals surface area contributed by atoms with E-state index in [1.807, 2.05) is 37.4 Å². The molecule has 5 rings (SSSR count). The molecule has 1 aliphatic rings. The van der Waals surface area contributed by atoms with Gasteiger partial charge in [0.05, 0.1) is 36.0 Å². The molecule has 0 amide bonds. The normalized spacial score (nSPS) is 14.4. The number of pyridine rings is 2. The van der Waals surface area contributed by atoms with Crippen molar-refractivity contribution in [1.82, 2.24) is 19.9 Å². The first kappa shape index (κ1) is 22.3. The predicted octanol–water partition coefficient (Wildman–Crippen LogP) is 5.64. The topological polar surface area (TPSA) is 66.9 Å². The number of imidazole rings is 1. The van der Waals surface area contributed by atoms with Gasteiger partial charge in [-0.3, -0.25) is 9.97 Å². The molecule has 6 heteroatoms. The third-order valence-corrected chi connectivity index (χ3v) is 6.13. The molecule has 6 nitrogen and oxygen atoms in total. The van der Waals surface area contributed by atoms with Crippen LogP contribution in [0.3, 0.4) is 0 Å². The van der Waals surface area contributed by atoms with E-state index in [0.717, 1.165) is 71.7 Å². The molecule has 1 saturated heterocycles. The van der Waals surface area contributed by atoms with E-state index < -0.39 is 0 Å². The number of ether oxygens (including phenoxy) is 1. The van der Waals surface area contributed by atoms with Gasteiger partial charge in [-0.15, -0.1) is 0 Å². The molecule has 174 valence electrons. The van der Waals surface area contributed by atoms with E-state index in [4.69, 9.17) is 14.7 Å². The molecule has 1 aromatic carbocycles. The van der Waals surface area contributed by atoms with E-state index in [9.17, 15) is 0 Å². The van der Waals surface area contributed by atoms with Crippen molar-refractivity contribution in [3.8, 4) is 33.9 Å². The lowest BCUT2D eigenvalue weighted by Gasteiger charge is -2.28. The third-order valence-electron chi connectivity index (χ3n) is 6.13. The number of nitrogens with zero attached hydrogens (tertiary/aromatic N) is 4. The molecule has 1 aliphatic heterocycles. The van der Waals surface area contributed by atoms with E-state index >= 15 is 0 Å². The van der Waals surface area contributed by atoms with Crippen LogP contribution >= 0.6 is 0 Å². The Balaban J connectivity index is 1.52. The Hall–Kier alpha value is -3.51. The van der Waals surface area contributed by atoms with E-state index in [1.54, 1.807) is 0 Å². The van der Waals surface area contributed by atoms with Crippen LogP contribution in [0.4, 0.5) is 5.69 Å². The first-order valence-electron chi connectivity index (χ1n) is 11.8. The van der Waals surface area contributed by atoms with Gasteiger partial charge in [-0.05, 0) is 43.3 Å². The largest absolute Gasteiger partial charge is 0.378 e. The molecular weight excluding hydrogens is 422 g/mol. The Morgan fingerprint density at radius 1 is 0.882 bits per heavy atom. The predicted molar refractivity (Wildman–Crippen MR) is 137 cm³/mol. The molecule has 4 heterocycles. The van der Waals surface area contributed by atoms with Crippen LogP contribution in [-0.2, 0) is 10.2 Å². The summed E-state index contributed by atoms with van der Waals surface area (Å²) in [7, 11) is 0. The number of aryl methyl sites for hydroxylation is 1. The SMILES string of the molecule is Cc1cccc(-c2[nH]c(C(C)(C)C)nc2-c2ccnc(-c3ccc(N4CCOCC4)cc3)c2)n1. The first-order valence-corrected chi connectivity index (χ1v) is 11.8. The maximum Gasteiger partial charge on any atom is 0.112 e. The minimum atomic E-state index is -0.109. The summed E-state index contributed by atoms with van der Waals surface area (Å²) in [6.07, 6.45) is 1.86. The Labute approximate surface area is 201 Å². The van der Waals surface area contributed by atoms with Gasteiger partial charge >= 0.3 is 0 Å². The standard InChI is InChI=1S/C28H31N5O/c1-19-6-5-7-23(30-19)26-25(31-27(32-26)28(2,3)4)21-12-13-29-24(18-21)20-8-10-22(11-9-20)33-14-16-34-17-15-33/h5-13,18H,14-17H2,1-4H3,(H,31,32). The summed E-state index contributed by atoms with van der Waals surface area (Å²) in [6.45, 7) is 11.9. The van der Waals surface area contributed by atoms with Gasteiger partial charge in [-0.1, -0.05) is 39.0 Å². The second kappa shape index (κ2) is 9.03. The Morgan fingerprint density at radius 2 is 1.65 bits per heavy atom. The molecule has 0 bridgehead atoms. The maximum atomic E-state index is 5.48. The molecule has 0 aliphatic carbocycles. The van der Waals surface area contributed by atoms with Crippen LogP contribution in [0.25, 0.3) is 33.9 Å². The quantitative estimate of drug-likeness (QED) is 0.433. The zero-order chi connectivity index (χ0) is 23.7. The fourth-order valence-corrected chi connectivity index (χ4v) is 4.21. The fourth-order valence-electron chi connectivity index (χ4n) is 4.21. The number of aromatic nitrogens is 4. The van der Waals surface area contributed by atoms with E-state index in [1.165, 1.54) is 5.69 Å². The van der Waals surface area contributed by atoms with Crippen molar-refractivity contribution in [3.63, 3.8) is 0 Å². The fraction of sp³-hybridized carbons (Fsp3) is 0.321. The molecule has 0 spiro atoms. The number of aromatic amines is 1. The molecule has 34 heavy (non-hydrogen) atoms. The van der Waals surface area contributed by atoms with Crippen LogP contribution in [0.5, 0.6) is 0 Å². The minimum Gasteiger partial charge on any atom is -0.378 e. The van der Waals surface area contributed by atoms with Crippen LogP contribution in [-0.4, -0.2) is 46.2 Å². The summed E-state index contributed by atoms with van der Waals surface area (Å²) in [6, 6.07) is 18.8. The summed E-state index contributed by atoms with van der Waals surface area (Å²) in [4.78, 5) is 20.4. The average molecular weight is 454 g/mol. The summed E-state index contributed by atoms with van der Waals surface area (Å²) >= 11 is 0. The number of benzene rings is 1. The lowest BCUT2D eigenvalue weighted by molar-refractivity contribution is 0.122. The molecule has 0 radical (unpaired) electrons. The van der Waals surface area contributed by atoms with Crippen molar-refractivity contribution < 1.29 is 4.74 Å². The third kappa shape index (κ3) is 4.59. The van der Waals surface area contributed by atoms with Crippen LogP contribution in [0.2, 0.25) is 0 Å². The highest BCUT2D eigenvalue weighted by atomic mass is 16.5. The number of anilines is 1. The van der Waals surface area contributed by atoms with Crippen LogP contribution in [0, 0.1) is 6.92 Å². The number of hydrogen-bond donors (Lipinski definition) is 1. The van der Waals surface area contributed by atoms with E-state index in [2.05, 4.69) is 66.0 Å². The van der Waals surface area contributed by atoms with Gasteiger partial charge < -0.3 is 14.6 Å². The molecule has 3 aromatic heterocycles. The highest BCUT2D eigenvalue weighted by molar-refractivity contribution is 5.79. The van der Waals surface area contributed by atoms with Gasteiger partial charge in [0.25, 0.3) is 0 Å². The Morgan fingerprint density at radius 3 is 2.35 bits per heavy atom. The van der Waals surface area contributed by atoms with Crippen molar-refractivity contribution in [1.29, 1.82) is 0 Å². The van der Waals surface area contributed by atoms with Gasteiger partial charge in [-0.25, -0.2) is 4.98 Å². The number of hydrogen-bond acceptors (Lipinski definition) is 5. The lowest BCUT2D eigenvalue weighted by atomic mass is 9.96. The highest BCUT2D eigenvalue weighted by Crippen LogP contribution is 2.34. The van der Waals surface area contributed by atoms with Crippen molar-refractivity contribution in [2.45, 2.75) is 33.1 Å². The molecule has 0 atom stereocenters. The van der Waals surface area contributed by atoms with Crippen molar-refractivity contribution in [2.75, 3.05) is 31.2 Å². The molecule has 1 N–H and O–H groups in total. The van der Waals surface area contributed by atoms with E-state index in [0.29, 0.717) is 0 Å². The Kier molecular flexibility index (Phi) is 5.92. The highest BCUT2D eigenvalue weighted by Gasteiger charge is 2.23. The average Bonchev–Trinajstić information content (AvgIpc) is 3.31. The number of morpholine rings is 1. The zero-order valence-corrected chi connectivity index (χ0v) is 20.3. The lowest BCUT2D eigenvalue weighted by Crippen LogP contribution is -2.36. The van der Waals surface area contributed by atoms with Gasteiger partial charge in [0.1, 0.15) is 5.82 Å². The van der Waals surface area contributed by atoms with Crippen LogP contribution in [0.15, 0.2) is 60.8 Å². The van der Waals surface area contributed by atoms with Crippen molar-refractivity contribution in [3.05, 3.63) is 72.3 Å². The van der Waals surface area contributed by atoms with Gasteiger partial charge in [0, 0.05) is 47.2 Å². The molecule has 4 aromatic rings. The number of H-pyrrole nitrogens is 1. The van der Waals surface area contributed by atoms with Gasteiger partial charge in [0.15, 0.2) is 0 Å². The van der Waals surface area contributed by atoms with E-state index in [-0.39, 0.29) is 5.41 Å². The van der Waals surface area contributed by atoms with Crippen LogP contribution < -0.4 is 4.90 Å². The summed E-state index contributed by atoms with van der Waals surface area (Å²) in [5.41, 5.74) is 7.85. The number of nitrogens with one attached hydrogen (secondary N) is 1. The van der Waals surface area contributed by atoms with Crippen molar-refractivity contribution >= 4 is 5.69 Å². The molecule has 0 unspecified atom stereocenters. The molecular formula is C28H31N5O. The van der Waals surface area contributed by atoms with Crippen LogP contribution in [0.1, 0.15) is 32.3 Å². The summed E-state index contributed by atoms with van der Waals surface area (Å²) in [5.74, 6) is 0.939. The monoisotopic (exact) mass is 453 g/mol. The molecule has 1 fully saturated rings. The molecule has 0 saturated carbocycles. The first-order chi connectivity index (χ1) is 16.4. The summed E-state index contributed by atoms with van der Waals surface area (Å²) < 4.78 is 5.48. The van der Waals surface area contributed by atoms with Crippen molar-refractivity contribution in [2.24, 2.45) is 0 Å².